The largest absolute Gasteiger partial charge is 0.487 e. The van der Waals surface area contributed by atoms with Gasteiger partial charge in [-0.1, -0.05) is 18.5 Å². The molecule has 7 N–H and O–H groups in total. The molecule has 8 atom stereocenters. The number of nitro groups is 2. The Morgan fingerprint density at radius 1 is 0.433 bits per heavy atom. The smallest absolute Gasteiger partial charge is 0.412 e. The molecule has 0 spiro atoms. The monoisotopic (exact) mass is 1810 g/mol. The minimum absolute atomic E-state index is 0.00874. The van der Waals surface area contributed by atoms with Crippen molar-refractivity contribution in [3.63, 3.8) is 0 Å². The predicted octanol–water partition coefficient (Wildman–Crippen LogP) is 22.5. The van der Waals surface area contributed by atoms with E-state index in [-0.39, 0.29) is 89.6 Å². The van der Waals surface area contributed by atoms with Crippen LogP contribution >= 0.6 is 23.4 Å². The first kappa shape index (κ1) is 115. The van der Waals surface area contributed by atoms with Crippen molar-refractivity contribution in [1.29, 1.82) is 5.53 Å². The number of aliphatic hydroxyl groups excluding tert-OH is 1. The second-order valence-electron chi connectivity index (χ2n) is 34.0. The molecule has 4 aliphatic heterocycles. The molecule has 8 unspecified atom stereocenters. The highest BCUT2D eigenvalue weighted by Gasteiger charge is 2.51. The zero-order valence-electron chi connectivity index (χ0n) is 82.9. The molecule has 127 heavy (non-hydrogen) atoms. The van der Waals surface area contributed by atoms with Gasteiger partial charge in [0, 0.05) is 62.0 Å². The summed E-state index contributed by atoms with van der Waals surface area (Å²) >= 11 is 9.47. The fraction of sp³-hybridized carbons (Fsp3) is 0.568. The Labute approximate surface area is 765 Å². The van der Waals surface area contributed by atoms with Gasteiger partial charge in [0.25, 0.3) is 11.4 Å². The lowest BCUT2D eigenvalue weighted by atomic mass is 9.90. The van der Waals surface area contributed by atoms with E-state index in [9.17, 15) is 49.3 Å². The molecule has 0 saturated carbocycles. The number of benzene rings is 6. The molecule has 0 radical (unpaired) electrons. The van der Waals surface area contributed by atoms with E-state index in [1.807, 2.05) is 102 Å². The molecule has 0 aliphatic carbocycles. The first-order valence-electron chi connectivity index (χ1n) is 42.7. The zero-order valence-corrected chi connectivity index (χ0v) is 84.4. The maximum absolute atomic E-state index is 12.4. The van der Waals surface area contributed by atoms with Crippen LogP contribution in [0.3, 0.4) is 0 Å². The number of ether oxygens (including phenoxy) is 7. The van der Waals surface area contributed by atoms with Crippen LogP contribution < -0.4 is 45.4 Å². The summed E-state index contributed by atoms with van der Waals surface area (Å²) in [6.45, 7) is 76.8. The van der Waals surface area contributed by atoms with Gasteiger partial charge >= 0.3 is 29.7 Å². The van der Waals surface area contributed by atoms with Crippen molar-refractivity contribution in [3.05, 3.63) is 186 Å². The lowest BCUT2D eigenvalue weighted by Gasteiger charge is -2.51. The number of likely N-dealkylation sites (tertiary alicyclic amines) is 3. The summed E-state index contributed by atoms with van der Waals surface area (Å²) in [7, 11) is 4.59. The van der Waals surface area contributed by atoms with Crippen LogP contribution in [0.5, 0.6) is 28.7 Å². The number of urea groups is 1. The minimum atomic E-state index is -0.978. The van der Waals surface area contributed by atoms with Crippen molar-refractivity contribution < 1.29 is 72.1 Å². The lowest BCUT2D eigenvalue weighted by Crippen LogP contribution is -2.70. The van der Waals surface area contributed by atoms with Crippen molar-refractivity contribution in [2.24, 2.45) is 20.8 Å². The van der Waals surface area contributed by atoms with Crippen molar-refractivity contribution in [2.45, 2.75) is 340 Å². The Hall–Kier alpha value is -10.3. The number of hydrogen-bond acceptors (Lipinski definition) is 21. The Kier molecular flexibility index (Phi) is 46.1. The SMILES string of the molecule is CC.CC1C(O)C(C)N1C(=O)OC(C)(C)C.CN.CNC(=O)N1C(C)C(Oc2c(C)c(C)c(C)c(C)c2C)C1C.CNC(=O)Oc1ccc([N+](=O)[O-])cc1.Cc1c(C)c(C)c(C)c(C)c1C.Cc1c(C)c(C)c(OC2C(C)N(C(=O)OC(C)(C)C)C2C)c(C)c1C.Cc1c(C)c(C)c(OC2C(C)NC2C)c(C)c1C.N=NN=NCl.O=C(Cl)Oc1ccc([N+](=O)[O-])cc1. The van der Waals surface area contributed by atoms with Crippen LogP contribution in [-0.4, -0.2) is 164 Å². The predicted molar refractivity (Wildman–Crippen MR) is 506 cm³/mol. The minimum Gasteiger partial charge on any atom is -0.487 e. The number of nitrogens with two attached hydrogens (primary N) is 1. The molecular formula is C95H147Cl2N13O17. The molecule has 0 aromatic heterocycles. The van der Waals surface area contributed by atoms with Gasteiger partial charge in [-0.3, -0.25) is 30.0 Å². The zero-order chi connectivity index (χ0) is 98.7. The average Bonchev–Trinajstić information content (AvgIpc) is 0.758. The topological polar surface area (TPSA) is 389 Å². The van der Waals surface area contributed by atoms with Gasteiger partial charge in [-0.05, 0) is 401 Å². The van der Waals surface area contributed by atoms with Gasteiger partial charge in [0.1, 0.15) is 58.3 Å². The summed E-state index contributed by atoms with van der Waals surface area (Å²) in [5, 5.41) is 43.4. The van der Waals surface area contributed by atoms with Crippen molar-refractivity contribution >= 4 is 64.5 Å². The van der Waals surface area contributed by atoms with E-state index in [0.717, 1.165) is 17.2 Å². The fourth-order valence-electron chi connectivity index (χ4n) is 14.9. The summed E-state index contributed by atoms with van der Waals surface area (Å²) in [4.78, 5) is 81.4. The number of non-ortho nitro benzene ring substituents is 2. The first-order chi connectivity index (χ1) is 58.8. The van der Waals surface area contributed by atoms with E-state index >= 15 is 0 Å². The molecule has 0 bridgehead atoms. The molecule has 708 valence electrons. The molecule has 30 nitrogen and oxygen atoms in total. The first-order valence-corrected chi connectivity index (χ1v) is 43.4. The van der Waals surface area contributed by atoms with Crippen LogP contribution in [-0.2, 0) is 9.47 Å². The summed E-state index contributed by atoms with van der Waals surface area (Å²) in [6.07, 6.45) is -1.34. The third-order valence-electron chi connectivity index (χ3n) is 24.4. The Morgan fingerprint density at radius 3 is 0.890 bits per heavy atom. The molecule has 4 heterocycles. The Morgan fingerprint density at radius 2 is 0.677 bits per heavy atom. The number of nitrogens with one attached hydrogen (secondary N) is 4. The molecule has 4 aliphatic rings. The van der Waals surface area contributed by atoms with Gasteiger partial charge in [0.05, 0.1) is 64.0 Å². The lowest BCUT2D eigenvalue weighted by molar-refractivity contribution is -0.385. The second-order valence-corrected chi connectivity index (χ2v) is 34.5. The van der Waals surface area contributed by atoms with Crippen LogP contribution in [0.25, 0.3) is 0 Å². The standard InChI is InChI=1S/C21H33NO3.C18H28N2O2.C16H25NO.C12H18.C10H19NO3.C8H8N2O4.C7H4ClNO4.C2H6.CH5N.ClHN4/c1-11-12(2)14(4)18(15(5)13(11)3)24-19-16(6)22(17(19)7)20(23)25-21(8,9)10;1-9-10(2)12(4)16(13(5)11(9)3)22-17-14(6)20(15(17)7)18(21)19-8;1-8-9(2)11(4)15(12(5)10(8)3)18-16-13(6)17-14(16)7;1-7-8(2)10(4)12(6)11(5)9(7)3;1-6-8(12)7(2)11(6)9(13)14-10(3,4)5;1-9-8(11)14-7-4-2-6(3-5-7)10(12)13;8-7(10)13-6-3-1-5(2-4-6)9(11)12;2*1-2;1-3-5-4-2/h16-17,19H,1-10H3;14-15,17H,1-8H3,(H,19,21);13-14,16-17H,1-7H3;1-6H3;6-8,12H,1-5H3;2-5H,1H3,(H,9,11);1-4H;1-2H3;2H2,1H3;2H. The maximum atomic E-state index is 12.4. The molecular weight excluding hydrogens is 1670 g/mol. The molecule has 32 heteroatoms. The normalized spacial score (nSPS) is 19.5. The van der Waals surface area contributed by atoms with Gasteiger partial charge in [-0.2, -0.15) is 5.53 Å². The average molecular weight is 1810 g/mol. The van der Waals surface area contributed by atoms with E-state index in [1.54, 1.807) is 16.8 Å². The van der Waals surface area contributed by atoms with Gasteiger partial charge in [-0.15, -0.1) is 0 Å². The van der Waals surface area contributed by atoms with E-state index in [1.165, 1.54) is 179 Å². The Balaban J connectivity index is 0.000000739. The molecule has 6 aromatic carbocycles. The number of amides is 5. The van der Waals surface area contributed by atoms with Gasteiger partial charge in [0.2, 0.25) is 0 Å². The number of halogens is 2. The van der Waals surface area contributed by atoms with Crippen molar-refractivity contribution in [2.75, 3.05) is 21.1 Å². The maximum Gasteiger partial charge on any atom is 0.412 e. The summed E-state index contributed by atoms with van der Waals surface area (Å²) in [5.41, 5.74) is 36.4. The molecule has 6 aromatic rings. The molecule has 10 rings (SSSR count). The summed E-state index contributed by atoms with van der Waals surface area (Å²) < 4.78 is 41.6. The Bertz CT molecular complexity index is 4550. The number of nitro benzene ring substituents is 2. The van der Waals surface area contributed by atoms with Crippen LogP contribution in [0.15, 0.2) is 63.6 Å². The quantitative estimate of drug-likeness (QED) is 0.0304. The van der Waals surface area contributed by atoms with Gasteiger partial charge in [0.15, 0.2) is 0 Å². The van der Waals surface area contributed by atoms with E-state index in [4.69, 9.17) is 45.6 Å². The van der Waals surface area contributed by atoms with Crippen LogP contribution in [0, 0.1) is 171 Å². The van der Waals surface area contributed by atoms with Crippen molar-refractivity contribution in [1.82, 2.24) is 30.7 Å². The van der Waals surface area contributed by atoms with E-state index in [0.29, 0.717) is 18.2 Å². The highest BCUT2D eigenvalue weighted by Crippen LogP contribution is 2.41. The number of carbonyl (C=O) groups excluding carboxylic acids is 5. The van der Waals surface area contributed by atoms with E-state index in [2.05, 4.69) is 213 Å². The summed E-state index contributed by atoms with van der Waals surface area (Å²) in [6, 6.07) is 11.0. The summed E-state index contributed by atoms with van der Waals surface area (Å²) in [5.74, 6) is 3.48. The number of carbonyl (C=O) groups is 5. The molecule has 4 saturated heterocycles. The second kappa shape index (κ2) is 51.1. The highest BCUT2D eigenvalue weighted by molar-refractivity contribution is 6.61. The number of aliphatic hydroxyl groups is 1. The third kappa shape index (κ3) is 30.4. The third-order valence-corrected chi connectivity index (χ3v) is 24.6. The van der Waals surface area contributed by atoms with Crippen LogP contribution in [0.4, 0.5) is 35.3 Å². The van der Waals surface area contributed by atoms with Gasteiger partial charge < -0.3 is 64.8 Å². The van der Waals surface area contributed by atoms with Crippen molar-refractivity contribution in [3.8, 4) is 28.7 Å². The number of rotatable bonds is 11. The highest BCUT2D eigenvalue weighted by atomic mass is 35.5. The molecule has 4 fully saturated rings. The van der Waals surface area contributed by atoms with Crippen LogP contribution in [0.2, 0.25) is 0 Å². The number of nitrogens with zero attached hydrogens (tertiary/aromatic N) is 8. The van der Waals surface area contributed by atoms with Gasteiger partial charge in [-0.25, -0.2) is 24.0 Å². The fourth-order valence-corrected chi connectivity index (χ4v) is 15.0. The van der Waals surface area contributed by atoms with E-state index < -0.39 is 38.7 Å². The molecule has 5 amide bonds. The number of hydrogen-bond donors (Lipinski definition) is 6. The van der Waals surface area contributed by atoms with Crippen LogP contribution in [0.1, 0.15) is 228 Å².